The van der Waals surface area contributed by atoms with Crippen LogP contribution in [-0.4, -0.2) is 68.7 Å². The third kappa shape index (κ3) is 6.88. The second kappa shape index (κ2) is 11.3. The van der Waals surface area contributed by atoms with Gasteiger partial charge in [0.25, 0.3) is 5.91 Å². The number of benzene rings is 1. The van der Waals surface area contributed by atoms with Crippen molar-refractivity contribution in [1.82, 2.24) is 9.80 Å². The molecule has 1 aliphatic carbocycles. The molecular formula is C23H29ClF3N3O3. The van der Waals surface area contributed by atoms with Gasteiger partial charge in [0.05, 0.1) is 17.2 Å². The Kier molecular flexibility index (Phi) is 8.67. The minimum absolute atomic E-state index is 0.0116. The Morgan fingerprint density at radius 2 is 1.91 bits per heavy atom. The van der Waals surface area contributed by atoms with Crippen LogP contribution in [0.3, 0.4) is 0 Å². The number of halogens is 4. The molecule has 1 aromatic carbocycles. The van der Waals surface area contributed by atoms with Crippen molar-refractivity contribution >= 4 is 23.2 Å². The van der Waals surface area contributed by atoms with Crippen LogP contribution in [0.5, 0.6) is 0 Å². The fourth-order valence-electron chi connectivity index (χ4n) is 3.76. The standard InChI is InChI=1S/C23H29ClF3N3O3/c1-3-32-19-5-4-6-20(33-14-13-30-11-9-29(2)10-12-30)21(19)22(31)28-16-7-8-18(24)17(15-16)23(25,26)27/h6-8,15H,3-5,9-14H2,1-2H3,(H,28,31). The number of hydrogen-bond acceptors (Lipinski definition) is 5. The summed E-state index contributed by atoms with van der Waals surface area (Å²) < 4.78 is 51.2. The molecule has 0 unspecified atom stereocenters. The van der Waals surface area contributed by atoms with E-state index in [4.69, 9.17) is 21.1 Å². The molecule has 0 aromatic heterocycles. The van der Waals surface area contributed by atoms with Crippen molar-refractivity contribution in [2.75, 3.05) is 58.3 Å². The van der Waals surface area contributed by atoms with Crippen LogP contribution in [0.25, 0.3) is 0 Å². The van der Waals surface area contributed by atoms with Gasteiger partial charge in [-0.3, -0.25) is 9.69 Å². The Labute approximate surface area is 197 Å². The summed E-state index contributed by atoms with van der Waals surface area (Å²) in [6.45, 7) is 7.16. The summed E-state index contributed by atoms with van der Waals surface area (Å²) in [4.78, 5) is 17.7. The second-order valence-electron chi connectivity index (χ2n) is 7.98. The van der Waals surface area contributed by atoms with E-state index in [-0.39, 0.29) is 11.3 Å². The molecule has 33 heavy (non-hydrogen) atoms. The number of rotatable bonds is 8. The fraction of sp³-hybridized carbons (Fsp3) is 0.522. The van der Waals surface area contributed by atoms with Gasteiger partial charge in [-0.15, -0.1) is 0 Å². The topological polar surface area (TPSA) is 54.0 Å². The molecule has 182 valence electrons. The number of allylic oxidation sites excluding steroid dienone is 2. The Morgan fingerprint density at radius 3 is 2.58 bits per heavy atom. The monoisotopic (exact) mass is 487 g/mol. The summed E-state index contributed by atoms with van der Waals surface area (Å²) >= 11 is 5.69. The predicted octanol–water partition coefficient (Wildman–Crippen LogP) is 4.53. The van der Waals surface area contributed by atoms with E-state index >= 15 is 0 Å². The SMILES string of the molecule is CCOC1=C(C(=O)Nc2ccc(Cl)c(C(F)(F)F)c2)C(OCCN2CCN(C)CC2)=CCC1. The molecule has 0 atom stereocenters. The number of anilines is 1. The first-order valence-electron chi connectivity index (χ1n) is 11.0. The van der Waals surface area contributed by atoms with E-state index in [0.29, 0.717) is 37.6 Å². The molecule has 3 rings (SSSR count). The Balaban J connectivity index is 1.72. The first-order chi connectivity index (χ1) is 15.7. The van der Waals surface area contributed by atoms with Gasteiger partial charge in [0.15, 0.2) is 0 Å². The maximum Gasteiger partial charge on any atom is 0.417 e. The third-order valence-corrected chi connectivity index (χ3v) is 5.89. The lowest BCUT2D eigenvalue weighted by molar-refractivity contribution is -0.137. The zero-order valence-electron chi connectivity index (χ0n) is 18.8. The lowest BCUT2D eigenvalue weighted by atomic mass is 10.0. The fourth-order valence-corrected chi connectivity index (χ4v) is 3.98. The number of nitrogens with one attached hydrogen (secondary N) is 1. The normalized spacial score (nSPS) is 18.2. The van der Waals surface area contributed by atoms with Crippen molar-refractivity contribution in [3.63, 3.8) is 0 Å². The molecule has 6 nitrogen and oxygen atoms in total. The largest absolute Gasteiger partial charge is 0.497 e. The van der Waals surface area contributed by atoms with Crippen LogP contribution >= 0.6 is 11.6 Å². The maximum atomic E-state index is 13.2. The zero-order chi connectivity index (χ0) is 24.0. The lowest BCUT2D eigenvalue weighted by Crippen LogP contribution is -2.45. The summed E-state index contributed by atoms with van der Waals surface area (Å²) in [5.74, 6) is 0.276. The number of likely N-dealkylation sites (N-methyl/N-ethyl adjacent to an activating group) is 1. The summed E-state index contributed by atoms with van der Waals surface area (Å²) in [5.41, 5.74) is -0.809. The molecule has 0 saturated carbocycles. The molecule has 0 radical (unpaired) electrons. The van der Waals surface area contributed by atoms with Gasteiger partial charge in [-0.25, -0.2) is 0 Å². The molecule has 1 heterocycles. The van der Waals surface area contributed by atoms with Gasteiger partial charge in [-0.05, 0) is 44.7 Å². The predicted molar refractivity (Wildman–Crippen MR) is 121 cm³/mol. The number of amides is 1. The van der Waals surface area contributed by atoms with E-state index in [1.807, 2.05) is 13.0 Å². The molecule has 0 spiro atoms. The maximum absolute atomic E-state index is 13.2. The van der Waals surface area contributed by atoms with Crippen molar-refractivity contribution < 1.29 is 27.4 Å². The van der Waals surface area contributed by atoms with Crippen LogP contribution in [0.15, 0.2) is 41.4 Å². The quantitative estimate of drug-likeness (QED) is 0.584. The molecular weight excluding hydrogens is 459 g/mol. The first-order valence-corrected chi connectivity index (χ1v) is 11.3. The van der Waals surface area contributed by atoms with Gasteiger partial charge in [-0.1, -0.05) is 11.6 Å². The second-order valence-corrected chi connectivity index (χ2v) is 8.39. The molecule has 1 amide bonds. The van der Waals surface area contributed by atoms with Gasteiger partial charge in [0.1, 0.15) is 23.7 Å². The van der Waals surface area contributed by atoms with Gasteiger partial charge in [0.2, 0.25) is 0 Å². The van der Waals surface area contributed by atoms with Gasteiger partial charge in [-0.2, -0.15) is 13.2 Å². The van der Waals surface area contributed by atoms with E-state index in [1.165, 1.54) is 6.07 Å². The third-order valence-electron chi connectivity index (χ3n) is 5.56. The average Bonchev–Trinajstić information content (AvgIpc) is 2.76. The van der Waals surface area contributed by atoms with Gasteiger partial charge in [0, 0.05) is 44.8 Å². The Morgan fingerprint density at radius 1 is 1.18 bits per heavy atom. The summed E-state index contributed by atoms with van der Waals surface area (Å²) in [6.07, 6.45) is -1.65. The zero-order valence-corrected chi connectivity index (χ0v) is 19.6. The number of carbonyl (C=O) groups excluding carboxylic acids is 1. The molecule has 1 saturated heterocycles. The average molecular weight is 488 g/mol. The van der Waals surface area contributed by atoms with Crippen molar-refractivity contribution in [3.05, 3.63) is 52.0 Å². The lowest BCUT2D eigenvalue weighted by Gasteiger charge is -2.32. The molecule has 1 N–H and O–H groups in total. The van der Waals surface area contributed by atoms with Crippen LogP contribution in [0, 0.1) is 0 Å². The van der Waals surface area contributed by atoms with E-state index in [1.54, 1.807) is 0 Å². The number of hydrogen-bond donors (Lipinski definition) is 1. The first kappa shape index (κ1) is 25.4. The van der Waals surface area contributed by atoms with E-state index in [9.17, 15) is 18.0 Å². The van der Waals surface area contributed by atoms with Crippen molar-refractivity contribution in [2.45, 2.75) is 25.9 Å². The van der Waals surface area contributed by atoms with E-state index < -0.39 is 22.7 Å². The Bertz CT molecular complexity index is 910. The number of alkyl halides is 3. The van der Waals surface area contributed by atoms with E-state index in [0.717, 1.165) is 44.9 Å². The molecule has 0 bridgehead atoms. The summed E-state index contributed by atoms with van der Waals surface area (Å²) in [5, 5.41) is 2.11. The van der Waals surface area contributed by atoms with Crippen LogP contribution in [0.2, 0.25) is 5.02 Å². The summed E-state index contributed by atoms with van der Waals surface area (Å²) in [7, 11) is 2.09. The summed E-state index contributed by atoms with van der Waals surface area (Å²) in [6, 6.07) is 3.26. The number of carbonyl (C=O) groups is 1. The molecule has 1 aromatic rings. The molecule has 1 fully saturated rings. The van der Waals surface area contributed by atoms with Crippen molar-refractivity contribution in [2.24, 2.45) is 0 Å². The molecule has 10 heteroatoms. The molecule has 2 aliphatic rings. The minimum atomic E-state index is -4.63. The van der Waals surface area contributed by atoms with Gasteiger partial charge >= 0.3 is 6.18 Å². The minimum Gasteiger partial charge on any atom is -0.497 e. The number of nitrogens with zero attached hydrogens (tertiary/aromatic N) is 2. The number of ether oxygens (including phenoxy) is 2. The smallest absolute Gasteiger partial charge is 0.417 e. The van der Waals surface area contributed by atoms with Crippen LogP contribution in [-0.2, 0) is 20.4 Å². The van der Waals surface area contributed by atoms with Crippen LogP contribution < -0.4 is 5.32 Å². The highest BCUT2D eigenvalue weighted by atomic mass is 35.5. The van der Waals surface area contributed by atoms with Crippen LogP contribution in [0.1, 0.15) is 25.3 Å². The highest BCUT2D eigenvalue weighted by Crippen LogP contribution is 2.36. The van der Waals surface area contributed by atoms with E-state index in [2.05, 4.69) is 22.2 Å². The van der Waals surface area contributed by atoms with Crippen LogP contribution in [0.4, 0.5) is 18.9 Å². The highest BCUT2D eigenvalue weighted by molar-refractivity contribution is 6.31. The molecule has 1 aliphatic heterocycles. The van der Waals surface area contributed by atoms with Crippen molar-refractivity contribution in [1.29, 1.82) is 0 Å². The Hall–Kier alpha value is -2.23. The van der Waals surface area contributed by atoms with Crippen molar-refractivity contribution in [3.8, 4) is 0 Å². The number of piperazine rings is 1. The van der Waals surface area contributed by atoms with Gasteiger partial charge < -0.3 is 19.7 Å². The highest BCUT2D eigenvalue weighted by Gasteiger charge is 2.34.